The van der Waals surface area contributed by atoms with Crippen molar-refractivity contribution in [3.8, 4) is 5.75 Å². The van der Waals surface area contributed by atoms with Crippen LogP contribution in [0.3, 0.4) is 0 Å². The number of ether oxygens (including phenoxy) is 1. The van der Waals surface area contributed by atoms with E-state index >= 15 is 0 Å². The molecule has 7 heteroatoms. The molecule has 0 aliphatic carbocycles. The lowest BCUT2D eigenvalue weighted by molar-refractivity contribution is -0.125. The first-order valence-electron chi connectivity index (χ1n) is 5.63. The molecule has 1 aromatic rings. The summed E-state index contributed by atoms with van der Waals surface area (Å²) in [7, 11) is 1.52. The summed E-state index contributed by atoms with van der Waals surface area (Å²) in [6, 6.07) is 5.23. The fourth-order valence-corrected chi connectivity index (χ4v) is 1.46. The maximum atomic E-state index is 11.9. The van der Waals surface area contributed by atoms with Crippen LogP contribution in [0.15, 0.2) is 24.3 Å². The maximum Gasteiger partial charge on any atom is 0.259 e. The number of benzene rings is 1. The molecular formula is C12H17N3O4. The van der Waals surface area contributed by atoms with E-state index < -0.39 is 24.0 Å². The third-order valence-electron chi connectivity index (χ3n) is 2.55. The van der Waals surface area contributed by atoms with Gasteiger partial charge in [0.1, 0.15) is 11.8 Å². The third-order valence-corrected chi connectivity index (χ3v) is 2.55. The smallest absolute Gasteiger partial charge is 0.259 e. The number of nitrogens with one attached hydrogen (secondary N) is 2. The number of hydrazine groups is 1. The van der Waals surface area contributed by atoms with Gasteiger partial charge in [-0.1, -0.05) is 0 Å². The van der Waals surface area contributed by atoms with E-state index in [1.165, 1.54) is 14.0 Å². The second-order valence-corrected chi connectivity index (χ2v) is 3.93. The molecule has 0 aliphatic rings. The number of methoxy groups -OCH3 is 1. The van der Waals surface area contributed by atoms with E-state index in [1.54, 1.807) is 24.3 Å². The fraction of sp³-hybridized carbons (Fsp3) is 0.333. The van der Waals surface area contributed by atoms with Gasteiger partial charge in [-0.15, -0.1) is 0 Å². The number of rotatable bonds is 5. The SMILES string of the molecule is COc1ccc(C(=O)N[C@H](C(=O)NN)[C@@H](C)O)cc1. The molecule has 0 unspecified atom stereocenters. The average Bonchev–Trinajstić information content (AvgIpc) is 2.43. The first-order valence-corrected chi connectivity index (χ1v) is 5.63. The highest BCUT2D eigenvalue weighted by molar-refractivity contribution is 5.97. The standard InChI is InChI=1S/C12H17N3O4/c1-7(16)10(12(18)15-13)14-11(17)8-3-5-9(19-2)6-4-8/h3-7,10,16H,13H2,1-2H3,(H,14,17)(H,15,18)/t7-,10+/m1/s1. The highest BCUT2D eigenvalue weighted by Gasteiger charge is 2.25. The molecule has 0 saturated carbocycles. The minimum atomic E-state index is -1.11. The molecule has 1 aromatic carbocycles. The molecule has 2 atom stereocenters. The lowest BCUT2D eigenvalue weighted by atomic mass is 10.1. The predicted molar refractivity (Wildman–Crippen MR) is 68.3 cm³/mol. The number of hydrogen-bond donors (Lipinski definition) is 4. The van der Waals surface area contributed by atoms with Crippen molar-refractivity contribution in [1.29, 1.82) is 0 Å². The van der Waals surface area contributed by atoms with Crippen LogP contribution in [0, 0.1) is 0 Å². The number of amides is 2. The molecule has 0 aliphatic heterocycles. The summed E-state index contributed by atoms with van der Waals surface area (Å²) >= 11 is 0. The highest BCUT2D eigenvalue weighted by Crippen LogP contribution is 2.11. The zero-order valence-electron chi connectivity index (χ0n) is 10.7. The quantitative estimate of drug-likeness (QED) is 0.316. The van der Waals surface area contributed by atoms with Crippen molar-refractivity contribution in [2.45, 2.75) is 19.1 Å². The van der Waals surface area contributed by atoms with Gasteiger partial charge >= 0.3 is 0 Å². The molecule has 104 valence electrons. The largest absolute Gasteiger partial charge is 0.497 e. The molecule has 5 N–H and O–H groups in total. The molecule has 0 radical (unpaired) electrons. The Hall–Kier alpha value is -2.12. The van der Waals surface area contributed by atoms with E-state index in [1.807, 2.05) is 5.43 Å². The Morgan fingerprint density at radius 3 is 2.32 bits per heavy atom. The van der Waals surface area contributed by atoms with E-state index in [4.69, 9.17) is 10.6 Å². The van der Waals surface area contributed by atoms with Crippen LogP contribution in [-0.4, -0.2) is 36.2 Å². The molecule has 7 nitrogen and oxygen atoms in total. The molecular weight excluding hydrogens is 250 g/mol. The van der Waals surface area contributed by atoms with Gasteiger partial charge in [0.2, 0.25) is 0 Å². The lowest BCUT2D eigenvalue weighted by Gasteiger charge is -2.19. The van der Waals surface area contributed by atoms with Gasteiger partial charge in [-0.25, -0.2) is 5.84 Å². The summed E-state index contributed by atoms with van der Waals surface area (Å²) in [5.41, 5.74) is 2.23. The van der Waals surface area contributed by atoms with Crippen LogP contribution in [0.25, 0.3) is 0 Å². The summed E-state index contributed by atoms with van der Waals surface area (Å²) in [5, 5.41) is 11.8. The van der Waals surface area contributed by atoms with Crippen LogP contribution in [0.5, 0.6) is 5.75 Å². The van der Waals surface area contributed by atoms with Crippen LogP contribution < -0.4 is 21.3 Å². The van der Waals surface area contributed by atoms with Crippen LogP contribution in [0.4, 0.5) is 0 Å². The lowest BCUT2D eigenvalue weighted by Crippen LogP contribution is -2.54. The van der Waals surface area contributed by atoms with Crippen molar-refractivity contribution >= 4 is 11.8 Å². The van der Waals surface area contributed by atoms with E-state index in [9.17, 15) is 14.7 Å². The van der Waals surface area contributed by atoms with Crippen LogP contribution in [0.1, 0.15) is 17.3 Å². The third kappa shape index (κ3) is 3.94. The average molecular weight is 267 g/mol. The molecule has 0 spiro atoms. The van der Waals surface area contributed by atoms with Crippen LogP contribution in [-0.2, 0) is 4.79 Å². The maximum absolute atomic E-state index is 11.9. The molecule has 19 heavy (non-hydrogen) atoms. The summed E-state index contributed by atoms with van der Waals surface area (Å²) in [4.78, 5) is 23.3. The minimum Gasteiger partial charge on any atom is -0.497 e. The number of aliphatic hydroxyl groups excluding tert-OH is 1. The molecule has 1 rings (SSSR count). The monoisotopic (exact) mass is 267 g/mol. The van der Waals surface area contributed by atoms with Gasteiger partial charge in [-0.05, 0) is 31.2 Å². The zero-order valence-corrected chi connectivity index (χ0v) is 10.7. The minimum absolute atomic E-state index is 0.344. The van der Waals surface area contributed by atoms with Gasteiger partial charge in [0.05, 0.1) is 13.2 Å². The summed E-state index contributed by atoms with van der Waals surface area (Å²) in [6.45, 7) is 1.38. The van der Waals surface area contributed by atoms with Crippen molar-refractivity contribution < 1.29 is 19.4 Å². The van der Waals surface area contributed by atoms with Gasteiger partial charge in [0, 0.05) is 5.56 Å². The molecule has 0 heterocycles. The highest BCUT2D eigenvalue weighted by atomic mass is 16.5. The Bertz CT molecular complexity index is 445. The fourth-order valence-electron chi connectivity index (χ4n) is 1.46. The van der Waals surface area contributed by atoms with Gasteiger partial charge < -0.3 is 15.2 Å². The van der Waals surface area contributed by atoms with E-state index in [2.05, 4.69) is 5.32 Å². The zero-order chi connectivity index (χ0) is 14.4. The predicted octanol–water partition coefficient (Wildman–Crippen LogP) is -0.836. The second kappa shape index (κ2) is 6.72. The second-order valence-electron chi connectivity index (χ2n) is 3.93. The molecule has 0 bridgehead atoms. The normalized spacial score (nSPS) is 13.3. The topological polar surface area (TPSA) is 114 Å². The van der Waals surface area contributed by atoms with Gasteiger partial charge in [0.25, 0.3) is 11.8 Å². The molecule has 2 amide bonds. The number of nitrogens with two attached hydrogens (primary N) is 1. The number of carbonyl (C=O) groups is 2. The van der Waals surface area contributed by atoms with Gasteiger partial charge in [-0.3, -0.25) is 15.0 Å². The van der Waals surface area contributed by atoms with Gasteiger partial charge in [-0.2, -0.15) is 0 Å². The van der Waals surface area contributed by atoms with Crippen molar-refractivity contribution in [3.63, 3.8) is 0 Å². The van der Waals surface area contributed by atoms with E-state index in [-0.39, 0.29) is 0 Å². The molecule has 0 aromatic heterocycles. The molecule has 0 fully saturated rings. The van der Waals surface area contributed by atoms with Crippen LogP contribution >= 0.6 is 0 Å². The Morgan fingerprint density at radius 2 is 1.89 bits per heavy atom. The Kier molecular flexibility index (Phi) is 5.28. The van der Waals surface area contributed by atoms with Gasteiger partial charge in [0.15, 0.2) is 0 Å². The number of carbonyl (C=O) groups excluding carboxylic acids is 2. The molecule has 0 saturated heterocycles. The van der Waals surface area contributed by atoms with Crippen molar-refractivity contribution in [2.75, 3.05) is 7.11 Å². The summed E-state index contributed by atoms with van der Waals surface area (Å²) < 4.78 is 4.97. The first-order chi connectivity index (χ1) is 8.99. The number of aliphatic hydroxyl groups is 1. The Labute approximate surface area is 110 Å². The Morgan fingerprint density at radius 1 is 1.32 bits per heavy atom. The number of hydrogen-bond acceptors (Lipinski definition) is 5. The first kappa shape index (κ1) is 14.9. The van der Waals surface area contributed by atoms with E-state index in [0.717, 1.165) is 0 Å². The van der Waals surface area contributed by atoms with Crippen molar-refractivity contribution in [2.24, 2.45) is 5.84 Å². The van der Waals surface area contributed by atoms with Crippen LogP contribution in [0.2, 0.25) is 0 Å². The van der Waals surface area contributed by atoms with Crippen molar-refractivity contribution in [1.82, 2.24) is 10.7 Å². The summed E-state index contributed by atoms with van der Waals surface area (Å²) in [6.07, 6.45) is -1.06. The van der Waals surface area contributed by atoms with E-state index in [0.29, 0.717) is 11.3 Å². The Balaban J connectivity index is 2.78. The summed E-state index contributed by atoms with van der Waals surface area (Å²) in [5.74, 6) is 4.44. The van der Waals surface area contributed by atoms with Crippen molar-refractivity contribution in [3.05, 3.63) is 29.8 Å².